The molecule has 0 aliphatic carbocycles. The number of nitrogens with one attached hydrogen (secondary N) is 1. The van der Waals surface area contributed by atoms with Gasteiger partial charge in [0.1, 0.15) is 6.33 Å². The van der Waals surface area contributed by atoms with E-state index in [4.69, 9.17) is 5.26 Å². The van der Waals surface area contributed by atoms with Gasteiger partial charge in [0.05, 0.1) is 12.1 Å². The topological polar surface area (TPSA) is 66.5 Å². The van der Waals surface area contributed by atoms with Gasteiger partial charge in [0.25, 0.3) is 0 Å². The normalized spacial score (nSPS) is 12.3. The molecule has 1 unspecified atom stereocenters. The molecule has 1 heterocycles. The van der Waals surface area contributed by atoms with Crippen LogP contribution in [0.2, 0.25) is 0 Å². The number of nitrogens with zero attached hydrogens (tertiary/aromatic N) is 4. The van der Waals surface area contributed by atoms with E-state index in [-0.39, 0.29) is 6.04 Å². The van der Waals surface area contributed by atoms with Crippen molar-refractivity contribution >= 4 is 11.8 Å². The number of thioether (sulfide) groups is 1. The maximum atomic E-state index is 8.91. The number of hydrogen-bond donors (Lipinski definition) is 1. The van der Waals surface area contributed by atoms with Crippen molar-refractivity contribution in [1.29, 1.82) is 5.26 Å². The van der Waals surface area contributed by atoms with Crippen LogP contribution < -0.4 is 5.32 Å². The largest absolute Gasteiger partial charge is 0.312 e. The quantitative estimate of drug-likeness (QED) is 0.724. The summed E-state index contributed by atoms with van der Waals surface area (Å²) in [5.74, 6) is 0.876. The third-order valence-electron chi connectivity index (χ3n) is 2.10. The van der Waals surface area contributed by atoms with E-state index in [0.717, 1.165) is 30.3 Å². The third-order valence-corrected chi connectivity index (χ3v) is 3.17. The van der Waals surface area contributed by atoms with Gasteiger partial charge < -0.3 is 9.88 Å². The van der Waals surface area contributed by atoms with Crippen LogP contribution >= 0.6 is 11.8 Å². The van der Waals surface area contributed by atoms with Gasteiger partial charge in [-0.2, -0.15) is 5.26 Å². The molecule has 1 rings (SSSR count). The number of hydrogen-bond acceptors (Lipinski definition) is 5. The predicted molar refractivity (Wildman–Crippen MR) is 64.0 cm³/mol. The Labute approximate surface area is 100 Å². The van der Waals surface area contributed by atoms with E-state index in [2.05, 4.69) is 28.5 Å². The molecular weight excluding hydrogens is 222 g/mol. The molecule has 0 radical (unpaired) electrons. The average Bonchev–Trinajstić information content (AvgIpc) is 2.69. The van der Waals surface area contributed by atoms with Gasteiger partial charge in [-0.25, -0.2) is 0 Å². The van der Waals surface area contributed by atoms with E-state index in [9.17, 15) is 0 Å². The van der Waals surface area contributed by atoms with Gasteiger partial charge in [0, 0.05) is 12.8 Å². The van der Waals surface area contributed by atoms with Crippen LogP contribution in [0.3, 0.4) is 0 Å². The molecule has 1 aromatic rings. The van der Waals surface area contributed by atoms with Gasteiger partial charge in [0.2, 0.25) is 0 Å². The van der Waals surface area contributed by atoms with E-state index in [1.165, 1.54) is 0 Å². The number of aromatic nitrogens is 3. The highest BCUT2D eigenvalue weighted by molar-refractivity contribution is 7.99. The Kier molecular flexibility index (Phi) is 5.90. The second-order valence-electron chi connectivity index (χ2n) is 3.50. The Hall–Kier alpha value is -1.06. The fourth-order valence-electron chi connectivity index (χ4n) is 1.20. The second-order valence-corrected chi connectivity index (χ2v) is 4.56. The first kappa shape index (κ1) is 13.0. The van der Waals surface area contributed by atoms with Crippen molar-refractivity contribution in [2.75, 3.05) is 12.3 Å². The number of rotatable bonds is 7. The Bertz CT molecular complexity index is 343. The molecule has 1 atom stereocenters. The summed E-state index contributed by atoms with van der Waals surface area (Å²) in [6, 6.07) is 2.21. The van der Waals surface area contributed by atoms with Crippen molar-refractivity contribution in [3.8, 4) is 6.07 Å². The zero-order chi connectivity index (χ0) is 11.8. The maximum Gasteiger partial charge on any atom is 0.190 e. The average molecular weight is 239 g/mol. The van der Waals surface area contributed by atoms with Crippen molar-refractivity contribution in [3.63, 3.8) is 0 Å². The molecule has 16 heavy (non-hydrogen) atoms. The zero-order valence-corrected chi connectivity index (χ0v) is 10.5. The molecule has 6 heteroatoms. The Morgan fingerprint density at radius 1 is 1.69 bits per heavy atom. The predicted octanol–water partition coefficient (Wildman–Crippen LogP) is 1.19. The minimum atomic E-state index is -0.0549. The lowest BCUT2D eigenvalue weighted by atomic mass is 10.2. The third kappa shape index (κ3) is 4.21. The van der Waals surface area contributed by atoms with E-state index in [1.54, 1.807) is 18.1 Å². The summed E-state index contributed by atoms with van der Waals surface area (Å²) in [6.45, 7) is 2.99. The van der Waals surface area contributed by atoms with Crippen LogP contribution in [0.1, 0.15) is 19.8 Å². The molecule has 0 aliphatic heterocycles. The van der Waals surface area contributed by atoms with Crippen LogP contribution in [0.15, 0.2) is 11.5 Å². The van der Waals surface area contributed by atoms with Crippen molar-refractivity contribution in [2.24, 2.45) is 7.05 Å². The molecule has 0 saturated heterocycles. The molecule has 0 bridgehead atoms. The molecular formula is C10H17N5S. The lowest BCUT2D eigenvalue weighted by Crippen LogP contribution is -2.28. The van der Waals surface area contributed by atoms with Gasteiger partial charge in [0.15, 0.2) is 5.16 Å². The minimum absolute atomic E-state index is 0.0549. The highest BCUT2D eigenvalue weighted by Crippen LogP contribution is 2.15. The first-order valence-electron chi connectivity index (χ1n) is 5.37. The molecule has 0 saturated carbocycles. The van der Waals surface area contributed by atoms with Crippen LogP contribution in [0, 0.1) is 11.3 Å². The number of aryl methyl sites for hydroxylation is 1. The van der Waals surface area contributed by atoms with Crippen LogP contribution in [-0.4, -0.2) is 33.1 Å². The van der Waals surface area contributed by atoms with Crippen molar-refractivity contribution in [2.45, 2.75) is 31.0 Å². The van der Waals surface area contributed by atoms with Crippen molar-refractivity contribution < 1.29 is 0 Å². The zero-order valence-electron chi connectivity index (χ0n) is 9.68. The monoisotopic (exact) mass is 239 g/mol. The highest BCUT2D eigenvalue weighted by atomic mass is 32.2. The molecule has 0 spiro atoms. The van der Waals surface area contributed by atoms with E-state index < -0.39 is 0 Å². The lowest BCUT2D eigenvalue weighted by Gasteiger charge is -2.09. The Balaban J connectivity index is 2.24. The summed E-state index contributed by atoms with van der Waals surface area (Å²) < 4.78 is 1.88. The molecule has 88 valence electrons. The summed E-state index contributed by atoms with van der Waals surface area (Å²) in [7, 11) is 1.92. The second kappa shape index (κ2) is 7.25. The van der Waals surface area contributed by atoms with Crippen LogP contribution in [-0.2, 0) is 7.05 Å². The summed E-state index contributed by atoms with van der Waals surface area (Å²) in [5, 5.41) is 20.8. The molecule has 0 amide bonds. The highest BCUT2D eigenvalue weighted by Gasteiger charge is 2.07. The summed E-state index contributed by atoms with van der Waals surface area (Å²) in [5.41, 5.74) is 0. The maximum absolute atomic E-state index is 8.91. The summed E-state index contributed by atoms with van der Waals surface area (Å²) in [4.78, 5) is 0. The number of nitriles is 1. The minimum Gasteiger partial charge on any atom is -0.312 e. The summed E-state index contributed by atoms with van der Waals surface area (Å²) in [6.07, 6.45) is 3.56. The van der Waals surface area contributed by atoms with Crippen molar-refractivity contribution in [1.82, 2.24) is 20.1 Å². The van der Waals surface area contributed by atoms with Crippen LogP contribution in [0.5, 0.6) is 0 Å². The smallest absolute Gasteiger partial charge is 0.190 e. The Morgan fingerprint density at radius 3 is 3.06 bits per heavy atom. The standard InChI is InChI=1S/C10H17N5S/c1-3-5-12-9(7-11)4-6-16-10-14-13-8-15(10)2/h8-9,12H,3-6H2,1-2H3. The fraction of sp³-hybridized carbons (Fsp3) is 0.700. The van der Waals surface area contributed by atoms with E-state index in [0.29, 0.717) is 0 Å². The van der Waals surface area contributed by atoms with Gasteiger partial charge in [-0.1, -0.05) is 18.7 Å². The van der Waals surface area contributed by atoms with Crippen LogP contribution in [0.4, 0.5) is 0 Å². The molecule has 1 N–H and O–H groups in total. The fourth-order valence-corrected chi connectivity index (χ4v) is 2.09. The van der Waals surface area contributed by atoms with Gasteiger partial charge >= 0.3 is 0 Å². The van der Waals surface area contributed by atoms with Gasteiger partial charge in [-0.15, -0.1) is 10.2 Å². The molecule has 0 aliphatic rings. The van der Waals surface area contributed by atoms with Gasteiger partial charge in [-0.05, 0) is 19.4 Å². The molecule has 1 aromatic heterocycles. The van der Waals surface area contributed by atoms with E-state index >= 15 is 0 Å². The van der Waals surface area contributed by atoms with E-state index in [1.807, 2.05) is 11.6 Å². The molecule has 0 fully saturated rings. The van der Waals surface area contributed by atoms with Gasteiger partial charge in [-0.3, -0.25) is 0 Å². The molecule has 0 aromatic carbocycles. The van der Waals surface area contributed by atoms with Crippen LogP contribution in [0.25, 0.3) is 0 Å². The Morgan fingerprint density at radius 2 is 2.50 bits per heavy atom. The first-order chi connectivity index (χ1) is 7.77. The first-order valence-corrected chi connectivity index (χ1v) is 6.36. The lowest BCUT2D eigenvalue weighted by molar-refractivity contribution is 0.585. The van der Waals surface area contributed by atoms with Crippen molar-refractivity contribution in [3.05, 3.63) is 6.33 Å². The molecule has 5 nitrogen and oxygen atoms in total. The SMILES string of the molecule is CCCNC(C#N)CCSc1nncn1C. The summed E-state index contributed by atoms with van der Waals surface area (Å²) >= 11 is 1.63.